The van der Waals surface area contributed by atoms with Crippen molar-refractivity contribution in [1.29, 1.82) is 0 Å². The van der Waals surface area contributed by atoms with Crippen LogP contribution in [0.1, 0.15) is 12.5 Å². The van der Waals surface area contributed by atoms with E-state index in [0.29, 0.717) is 0 Å². The Balaban J connectivity index is 3.26. The van der Waals surface area contributed by atoms with Gasteiger partial charge in [0.05, 0.1) is 4.90 Å². The Morgan fingerprint density at radius 3 is 1.91 bits per heavy atom. The van der Waals surface area contributed by atoms with Gasteiger partial charge in [-0.05, 0) is 24.6 Å². The highest BCUT2D eigenvalue weighted by molar-refractivity contribution is 7.90. The maximum Gasteiger partial charge on any atom is 0.471 e. The molecule has 0 radical (unpaired) electrons. The van der Waals surface area contributed by atoms with E-state index < -0.39 is 33.4 Å². The summed E-state index contributed by atoms with van der Waals surface area (Å²) >= 11 is 0. The fraction of sp³-hybridized carbons (Fsp3) is 0.333. The van der Waals surface area contributed by atoms with Gasteiger partial charge in [-0.2, -0.15) is 13.2 Å². The molecule has 10 heteroatoms. The second-order valence-electron chi connectivity index (χ2n) is 4.68. The third kappa shape index (κ3) is 3.75. The van der Waals surface area contributed by atoms with E-state index in [1.165, 1.54) is 5.32 Å². The number of rotatable bonds is 4. The van der Waals surface area contributed by atoms with Crippen LogP contribution in [0.25, 0.3) is 0 Å². The highest BCUT2D eigenvalue weighted by Gasteiger charge is 2.46. The van der Waals surface area contributed by atoms with Gasteiger partial charge in [-0.3, -0.25) is 4.79 Å². The average Bonchev–Trinajstić information content (AvgIpc) is 2.36. The summed E-state index contributed by atoms with van der Waals surface area (Å²) in [5.41, 5.74) is -2.56. The quantitative estimate of drug-likeness (QED) is 0.854. The lowest BCUT2D eigenvalue weighted by Gasteiger charge is -2.27. The molecule has 0 aliphatic heterocycles. The number of carboxylic acids is 1. The second kappa shape index (κ2) is 5.59. The first kappa shape index (κ1) is 18.0. The van der Waals surface area contributed by atoms with Crippen molar-refractivity contribution in [2.75, 3.05) is 6.26 Å². The van der Waals surface area contributed by atoms with Crippen molar-refractivity contribution < 1.29 is 36.3 Å². The maximum atomic E-state index is 12.3. The fourth-order valence-electron chi connectivity index (χ4n) is 1.58. The molecule has 1 amide bonds. The van der Waals surface area contributed by atoms with Gasteiger partial charge in [-0.25, -0.2) is 13.2 Å². The summed E-state index contributed by atoms with van der Waals surface area (Å²) in [4.78, 5) is 22.1. The number of benzene rings is 1. The molecule has 6 nitrogen and oxygen atoms in total. The molecule has 0 aliphatic carbocycles. The van der Waals surface area contributed by atoms with Gasteiger partial charge in [-0.1, -0.05) is 12.1 Å². The molecule has 0 heterocycles. The van der Waals surface area contributed by atoms with Crippen molar-refractivity contribution in [3.8, 4) is 0 Å². The minimum atomic E-state index is -5.25. The number of nitrogens with one attached hydrogen (secondary N) is 1. The molecule has 1 atom stereocenters. The topological polar surface area (TPSA) is 101 Å². The van der Waals surface area contributed by atoms with E-state index in [0.717, 1.165) is 37.4 Å². The van der Waals surface area contributed by atoms with E-state index in [1.807, 2.05) is 0 Å². The summed E-state index contributed by atoms with van der Waals surface area (Å²) in [6, 6.07) is 4.15. The first-order valence-corrected chi connectivity index (χ1v) is 7.61. The molecule has 2 N–H and O–H groups in total. The number of hydrogen-bond acceptors (Lipinski definition) is 4. The van der Waals surface area contributed by atoms with Crippen LogP contribution in [-0.2, 0) is 25.0 Å². The predicted octanol–water partition coefficient (Wildman–Crippen LogP) is 1.07. The smallest absolute Gasteiger partial charge is 0.471 e. The predicted molar refractivity (Wildman–Crippen MR) is 68.7 cm³/mol. The first-order valence-electron chi connectivity index (χ1n) is 5.72. The number of halogens is 3. The summed E-state index contributed by atoms with van der Waals surface area (Å²) < 4.78 is 59.5. The Labute approximate surface area is 123 Å². The van der Waals surface area contributed by atoms with E-state index in [9.17, 15) is 31.2 Å². The van der Waals surface area contributed by atoms with Gasteiger partial charge < -0.3 is 10.4 Å². The average molecular weight is 339 g/mol. The molecule has 0 saturated carbocycles. The Morgan fingerprint density at radius 1 is 1.14 bits per heavy atom. The van der Waals surface area contributed by atoms with Gasteiger partial charge in [0.2, 0.25) is 0 Å². The zero-order valence-corrected chi connectivity index (χ0v) is 12.2. The van der Waals surface area contributed by atoms with Crippen LogP contribution in [0.3, 0.4) is 0 Å². The van der Waals surface area contributed by atoms with Crippen molar-refractivity contribution in [2.45, 2.75) is 23.5 Å². The van der Waals surface area contributed by atoms with E-state index in [4.69, 9.17) is 5.11 Å². The number of sulfone groups is 1. The Kier molecular flexibility index (Phi) is 4.56. The van der Waals surface area contributed by atoms with E-state index >= 15 is 0 Å². The second-order valence-corrected chi connectivity index (χ2v) is 6.69. The molecule has 1 rings (SSSR count). The summed E-state index contributed by atoms with van der Waals surface area (Å²) in [6.07, 6.45) is -4.33. The van der Waals surface area contributed by atoms with E-state index in [1.54, 1.807) is 0 Å². The van der Waals surface area contributed by atoms with Crippen LogP contribution in [-0.4, -0.2) is 37.8 Å². The molecule has 1 unspecified atom stereocenters. The maximum absolute atomic E-state index is 12.3. The van der Waals surface area contributed by atoms with Crippen LogP contribution in [0.2, 0.25) is 0 Å². The SMILES string of the molecule is CC(NC(=O)C(F)(F)F)(C(=O)O)c1ccc(S(C)(=O)=O)cc1. The lowest BCUT2D eigenvalue weighted by molar-refractivity contribution is -0.177. The van der Waals surface area contributed by atoms with Gasteiger partial charge in [0.1, 0.15) is 0 Å². The van der Waals surface area contributed by atoms with Crippen LogP contribution < -0.4 is 5.32 Å². The normalized spacial score (nSPS) is 15.0. The Morgan fingerprint density at radius 2 is 1.59 bits per heavy atom. The minimum Gasteiger partial charge on any atom is -0.479 e. The summed E-state index contributed by atoms with van der Waals surface area (Å²) in [6.45, 7) is 0.869. The van der Waals surface area contributed by atoms with Crippen molar-refractivity contribution in [3.63, 3.8) is 0 Å². The van der Waals surface area contributed by atoms with Gasteiger partial charge in [-0.15, -0.1) is 0 Å². The Bertz CT molecular complexity index is 696. The molecule has 0 bridgehead atoms. The molecule has 0 spiro atoms. The lowest BCUT2D eigenvalue weighted by Crippen LogP contribution is -2.53. The standard InChI is InChI=1S/C12H12F3NO5S/c1-11(10(18)19,16-9(17)12(13,14)15)7-3-5-8(6-4-7)22(2,20)21/h3-6H,1-2H3,(H,16,17)(H,18,19). The molecule has 1 aromatic rings. The third-order valence-corrected chi connectivity index (χ3v) is 4.04. The van der Waals surface area contributed by atoms with Crippen molar-refractivity contribution >= 4 is 21.7 Å². The fourth-order valence-corrected chi connectivity index (χ4v) is 2.21. The molecule has 122 valence electrons. The zero-order valence-electron chi connectivity index (χ0n) is 11.4. The number of amides is 1. The van der Waals surface area contributed by atoms with Crippen LogP contribution in [0.4, 0.5) is 13.2 Å². The van der Waals surface area contributed by atoms with E-state index in [-0.39, 0.29) is 10.5 Å². The van der Waals surface area contributed by atoms with Crippen LogP contribution in [0.5, 0.6) is 0 Å². The number of hydrogen-bond donors (Lipinski definition) is 2. The molecule has 0 fully saturated rings. The number of aliphatic carboxylic acids is 1. The third-order valence-electron chi connectivity index (χ3n) is 2.91. The van der Waals surface area contributed by atoms with Crippen molar-refractivity contribution in [3.05, 3.63) is 29.8 Å². The molecule has 0 aromatic heterocycles. The van der Waals surface area contributed by atoms with Gasteiger partial charge in [0.25, 0.3) is 0 Å². The lowest BCUT2D eigenvalue weighted by atomic mass is 9.92. The van der Waals surface area contributed by atoms with Crippen molar-refractivity contribution in [1.82, 2.24) is 5.32 Å². The number of carboxylic acid groups (broad SMARTS) is 1. The number of alkyl halides is 3. The molecular weight excluding hydrogens is 327 g/mol. The highest BCUT2D eigenvalue weighted by Crippen LogP contribution is 2.25. The van der Waals surface area contributed by atoms with Crippen LogP contribution in [0.15, 0.2) is 29.2 Å². The molecule has 1 aromatic carbocycles. The zero-order chi connectivity index (χ0) is 17.3. The highest BCUT2D eigenvalue weighted by atomic mass is 32.2. The van der Waals surface area contributed by atoms with E-state index in [2.05, 4.69) is 0 Å². The number of carbonyl (C=O) groups excluding carboxylic acids is 1. The summed E-state index contributed by atoms with van der Waals surface area (Å²) in [7, 11) is -3.55. The van der Waals surface area contributed by atoms with Gasteiger partial charge in [0.15, 0.2) is 15.4 Å². The first-order chi connectivity index (χ1) is 9.78. The Hall–Kier alpha value is -2.10. The number of carbonyl (C=O) groups is 2. The van der Waals surface area contributed by atoms with Crippen molar-refractivity contribution in [2.24, 2.45) is 0 Å². The van der Waals surface area contributed by atoms with Gasteiger partial charge in [0, 0.05) is 6.26 Å². The van der Waals surface area contributed by atoms with Gasteiger partial charge >= 0.3 is 18.1 Å². The summed E-state index contributed by atoms with van der Waals surface area (Å²) in [5.74, 6) is -4.14. The molecule has 22 heavy (non-hydrogen) atoms. The molecule has 0 saturated heterocycles. The van der Waals surface area contributed by atoms with Crippen LogP contribution >= 0.6 is 0 Å². The monoisotopic (exact) mass is 339 g/mol. The largest absolute Gasteiger partial charge is 0.479 e. The molecular formula is C12H12F3NO5S. The molecule has 0 aliphatic rings. The van der Waals surface area contributed by atoms with Crippen LogP contribution in [0, 0.1) is 0 Å². The summed E-state index contributed by atoms with van der Waals surface area (Å²) in [5, 5.41) is 10.5. The minimum absolute atomic E-state index is 0.133.